The van der Waals surface area contributed by atoms with Gasteiger partial charge in [0, 0.05) is 5.92 Å². The minimum Gasteiger partial charge on any atom is -0.493 e. The molecule has 1 heterocycles. The molecule has 1 atom stereocenters. The molecule has 0 bridgehead atoms. The standard InChI is InChI=1S/C11H12F3NO.ClH/c12-11(13,14)8-1-2-9-7(6-15)3-4-16-10(9)5-8;/h1-2,5,7H,3-4,6,15H2;1H. The topological polar surface area (TPSA) is 35.2 Å². The molecule has 0 spiro atoms. The molecule has 96 valence electrons. The van der Waals surface area contributed by atoms with Crippen LogP contribution in [0, 0.1) is 0 Å². The predicted octanol–water partition coefficient (Wildman–Crippen LogP) is 2.95. The fourth-order valence-corrected chi connectivity index (χ4v) is 1.88. The van der Waals surface area contributed by atoms with Crippen LogP contribution in [0.15, 0.2) is 18.2 Å². The number of alkyl halides is 3. The van der Waals surface area contributed by atoms with Crippen molar-refractivity contribution < 1.29 is 17.9 Å². The van der Waals surface area contributed by atoms with Crippen molar-refractivity contribution in [1.82, 2.24) is 0 Å². The molecule has 1 aromatic rings. The van der Waals surface area contributed by atoms with Gasteiger partial charge in [0.25, 0.3) is 0 Å². The highest BCUT2D eigenvalue weighted by atomic mass is 35.5. The van der Waals surface area contributed by atoms with Crippen LogP contribution in [0.4, 0.5) is 13.2 Å². The van der Waals surface area contributed by atoms with Gasteiger partial charge in [0.15, 0.2) is 0 Å². The summed E-state index contributed by atoms with van der Waals surface area (Å²) in [5.41, 5.74) is 5.67. The second-order valence-electron chi connectivity index (χ2n) is 3.82. The van der Waals surface area contributed by atoms with Gasteiger partial charge in [0.05, 0.1) is 12.2 Å². The van der Waals surface area contributed by atoms with Crippen LogP contribution in [0.1, 0.15) is 23.5 Å². The van der Waals surface area contributed by atoms with E-state index in [1.165, 1.54) is 6.07 Å². The molecule has 1 aliphatic rings. The highest BCUT2D eigenvalue weighted by Gasteiger charge is 2.32. The van der Waals surface area contributed by atoms with E-state index in [0.29, 0.717) is 18.9 Å². The van der Waals surface area contributed by atoms with Gasteiger partial charge < -0.3 is 10.5 Å². The number of nitrogens with two attached hydrogens (primary N) is 1. The Balaban J connectivity index is 0.00000144. The van der Waals surface area contributed by atoms with Crippen LogP contribution in [-0.2, 0) is 6.18 Å². The highest BCUT2D eigenvalue weighted by Crippen LogP contribution is 2.38. The van der Waals surface area contributed by atoms with Gasteiger partial charge in [-0.05, 0) is 30.7 Å². The molecule has 0 radical (unpaired) electrons. The first-order chi connectivity index (χ1) is 7.52. The van der Waals surface area contributed by atoms with Gasteiger partial charge in [0.1, 0.15) is 5.75 Å². The monoisotopic (exact) mass is 267 g/mol. The highest BCUT2D eigenvalue weighted by molar-refractivity contribution is 5.85. The first kappa shape index (κ1) is 14.1. The van der Waals surface area contributed by atoms with E-state index in [9.17, 15) is 13.2 Å². The Kier molecular flexibility index (Phi) is 4.27. The van der Waals surface area contributed by atoms with Crippen molar-refractivity contribution in [2.24, 2.45) is 5.73 Å². The molecular weight excluding hydrogens is 255 g/mol. The molecular formula is C11H13ClF3NO. The maximum atomic E-state index is 12.5. The Bertz CT molecular complexity index is 395. The van der Waals surface area contributed by atoms with Crippen LogP contribution in [0.2, 0.25) is 0 Å². The molecule has 0 saturated heterocycles. The Morgan fingerprint density at radius 1 is 1.35 bits per heavy atom. The fraction of sp³-hybridized carbons (Fsp3) is 0.455. The first-order valence-corrected chi connectivity index (χ1v) is 5.06. The van der Waals surface area contributed by atoms with E-state index in [2.05, 4.69) is 0 Å². The summed E-state index contributed by atoms with van der Waals surface area (Å²) >= 11 is 0. The van der Waals surface area contributed by atoms with Crippen molar-refractivity contribution in [2.75, 3.05) is 13.2 Å². The van der Waals surface area contributed by atoms with Crippen molar-refractivity contribution >= 4 is 12.4 Å². The quantitative estimate of drug-likeness (QED) is 0.849. The zero-order valence-corrected chi connectivity index (χ0v) is 9.77. The van der Waals surface area contributed by atoms with E-state index < -0.39 is 11.7 Å². The van der Waals surface area contributed by atoms with Crippen molar-refractivity contribution in [2.45, 2.75) is 18.5 Å². The predicted molar refractivity (Wildman–Crippen MR) is 60.6 cm³/mol. The van der Waals surface area contributed by atoms with Crippen LogP contribution in [-0.4, -0.2) is 13.2 Å². The molecule has 2 nitrogen and oxygen atoms in total. The lowest BCUT2D eigenvalue weighted by atomic mass is 9.92. The van der Waals surface area contributed by atoms with Gasteiger partial charge >= 0.3 is 6.18 Å². The summed E-state index contributed by atoms with van der Waals surface area (Å²) in [6.45, 7) is 0.859. The van der Waals surface area contributed by atoms with Crippen LogP contribution in [0.25, 0.3) is 0 Å². The molecule has 6 heteroatoms. The van der Waals surface area contributed by atoms with E-state index >= 15 is 0 Å². The van der Waals surface area contributed by atoms with Gasteiger partial charge in [-0.3, -0.25) is 0 Å². The number of rotatable bonds is 1. The lowest BCUT2D eigenvalue weighted by Crippen LogP contribution is -2.21. The molecule has 17 heavy (non-hydrogen) atoms. The summed E-state index contributed by atoms with van der Waals surface area (Å²) in [5, 5.41) is 0. The molecule has 0 aromatic heterocycles. The summed E-state index contributed by atoms with van der Waals surface area (Å²) in [4.78, 5) is 0. The normalized spacial score (nSPS) is 18.9. The first-order valence-electron chi connectivity index (χ1n) is 5.06. The van der Waals surface area contributed by atoms with Gasteiger partial charge in [-0.2, -0.15) is 13.2 Å². The lowest BCUT2D eigenvalue weighted by Gasteiger charge is -2.25. The maximum absolute atomic E-state index is 12.5. The number of benzene rings is 1. The number of ether oxygens (including phenoxy) is 1. The van der Waals surface area contributed by atoms with E-state index in [-0.39, 0.29) is 18.3 Å². The smallest absolute Gasteiger partial charge is 0.416 e. The van der Waals surface area contributed by atoms with E-state index in [1.54, 1.807) is 0 Å². The van der Waals surface area contributed by atoms with E-state index in [4.69, 9.17) is 10.5 Å². The van der Waals surface area contributed by atoms with E-state index in [1.807, 2.05) is 0 Å². The third-order valence-electron chi connectivity index (χ3n) is 2.79. The number of fused-ring (bicyclic) bond motifs is 1. The Morgan fingerprint density at radius 3 is 2.65 bits per heavy atom. The average molecular weight is 268 g/mol. The number of hydrogen-bond donors (Lipinski definition) is 1. The lowest BCUT2D eigenvalue weighted by molar-refractivity contribution is -0.137. The van der Waals surface area contributed by atoms with Gasteiger partial charge in [0.2, 0.25) is 0 Å². The van der Waals surface area contributed by atoms with Crippen LogP contribution in [0.3, 0.4) is 0 Å². The molecule has 1 aromatic carbocycles. The average Bonchev–Trinajstić information content (AvgIpc) is 2.26. The maximum Gasteiger partial charge on any atom is 0.416 e. The van der Waals surface area contributed by atoms with Gasteiger partial charge in [-0.1, -0.05) is 6.07 Å². The van der Waals surface area contributed by atoms with Gasteiger partial charge in [-0.15, -0.1) is 12.4 Å². The number of halogens is 4. The van der Waals surface area contributed by atoms with Crippen molar-refractivity contribution in [3.63, 3.8) is 0 Å². The zero-order valence-electron chi connectivity index (χ0n) is 8.96. The summed E-state index contributed by atoms with van der Waals surface area (Å²) in [7, 11) is 0. The van der Waals surface area contributed by atoms with Crippen molar-refractivity contribution in [3.05, 3.63) is 29.3 Å². The molecule has 2 rings (SSSR count). The van der Waals surface area contributed by atoms with Gasteiger partial charge in [-0.25, -0.2) is 0 Å². The minimum atomic E-state index is -4.33. The Hall–Kier alpha value is -0.940. The molecule has 1 unspecified atom stereocenters. The molecule has 0 fully saturated rings. The Morgan fingerprint density at radius 2 is 2.06 bits per heavy atom. The largest absolute Gasteiger partial charge is 0.493 e. The number of hydrogen-bond acceptors (Lipinski definition) is 2. The zero-order chi connectivity index (χ0) is 11.8. The third kappa shape index (κ3) is 2.84. The van der Waals surface area contributed by atoms with Crippen LogP contribution >= 0.6 is 12.4 Å². The summed E-state index contributed by atoms with van der Waals surface area (Å²) in [6.07, 6.45) is -3.57. The van der Waals surface area contributed by atoms with Crippen molar-refractivity contribution in [1.29, 1.82) is 0 Å². The fourth-order valence-electron chi connectivity index (χ4n) is 1.88. The SMILES string of the molecule is Cl.NCC1CCOc2cc(C(F)(F)F)ccc21. The molecule has 2 N–H and O–H groups in total. The second kappa shape index (κ2) is 5.14. The molecule has 1 aliphatic heterocycles. The van der Waals surface area contributed by atoms with Crippen molar-refractivity contribution in [3.8, 4) is 5.75 Å². The Labute approximate surface area is 103 Å². The molecule has 0 saturated carbocycles. The molecule has 0 amide bonds. The minimum absolute atomic E-state index is 0. The van der Waals surface area contributed by atoms with E-state index in [0.717, 1.165) is 24.1 Å². The second-order valence-corrected chi connectivity index (χ2v) is 3.82. The summed E-state index contributed by atoms with van der Waals surface area (Å²) in [6, 6.07) is 3.60. The van der Waals surface area contributed by atoms with Crippen LogP contribution < -0.4 is 10.5 Å². The summed E-state index contributed by atoms with van der Waals surface area (Å²) < 4.78 is 42.6. The summed E-state index contributed by atoms with van der Waals surface area (Å²) in [5.74, 6) is 0.419. The third-order valence-corrected chi connectivity index (χ3v) is 2.79. The molecule has 0 aliphatic carbocycles. The van der Waals surface area contributed by atoms with Crippen LogP contribution in [0.5, 0.6) is 5.75 Å².